The van der Waals surface area contributed by atoms with Crippen LogP contribution in [-0.2, 0) is 32.6 Å². The van der Waals surface area contributed by atoms with E-state index >= 15 is 0 Å². The molecule has 0 aliphatic heterocycles. The molecule has 0 bridgehead atoms. The number of amides is 2. The van der Waals surface area contributed by atoms with Crippen molar-refractivity contribution in [3.05, 3.63) is 129 Å². The number of benzene rings is 4. The fourth-order valence-corrected chi connectivity index (χ4v) is 7.06. The minimum atomic E-state index is -4.26. The number of hydrogen-bond acceptors (Lipinski definition) is 4. The quantitative estimate of drug-likeness (QED) is 0.178. The predicted octanol–water partition coefficient (Wildman–Crippen LogP) is 6.73. The van der Waals surface area contributed by atoms with E-state index in [2.05, 4.69) is 21.2 Å². The van der Waals surface area contributed by atoms with Crippen LogP contribution in [0.25, 0.3) is 0 Å². The normalized spacial score (nSPS) is 11.9. The van der Waals surface area contributed by atoms with Crippen molar-refractivity contribution in [2.75, 3.05) is 17.4 Å². The maximum absolute atomic E-state index is 14.4. The Morgan fingerprint density at radius 2 is 1.51 bits per heavy atom. The highest BCUT2D eigenvalue weighted by Crippen LogP contribution is 2.33. The summed E-state index contributed by atoms with van der Waals surface area (Å²) in [4.78, 5) is 29.3. The van der Waals surface area contributed by atoms with Crippen LogP contribution >= 0.6 is 39.1 Å². The number of anilines is 1. The molecule has 0 heterocycles. The molecule has 4 rings (SSSR count). The summed E-state index contributed by atoms with van der Waals surface area (Å²) in [6.45, 7) is 1.60. The van der Waals surface area contributed by atoms with E-state index in [-0.39, 0.29) is 34.5 Å². The Hall–Kier alpha value is -3.37. The number of hydrogen-bond donors (Lipinski definition) is 1. The molecule has 7 nitrogen and oxygen atoms in total. The first-order valence-corrected chi connectivity index (χ1v) is 16.5. The van der Waals surface area contributed by atoms with Crippen LogP contribution in [0.4, 0.5) is 5.69 Å². The monoisotopic (exact) mass is 701 g/mol. The van der Waals surface area contributed by atoms with Gasteiger partial charge in [0.2, 0.25) is 11.8 Å². The number of halogens is 3. The van der Waals surface area contributed by atoms with Gasteiger partial charge < -0.3 is 10.2 Å². The Balaban J connectivity index is 1.81. The lowest BCUT2D eigenvalue weighted by molar-refractivity contribution is -0.140. The largest absolute Gasteiger partial charge is 0.355 e. The zero-order valence-corrected chi connectivity index (χ0v) is 27.2. The Morgan fingerprint density at radius 3 is 2.14 bits per heavy atom. The molecule has 1 atom stereocenters. The molecule has 4 aromatic carbocycles. The van der Waals surface area contributed by atoms with E-state index in [0.29, 0.717) is 11.6 Å². The summed E-state index contributed by atoms with van der Waals surface area (Å²) in [7, 11) is -4.26. The molecule has 0 aliphatic carbocycles. The number of carbonyl (C=O) groups is 2. The summed E-state index contributed by atoms with van der Waals surface area (Å²) >= 11 is 16.1. The molecule has 11 heteroatoms. The van der Waals surface area contributed by atoms with Gasteiger partial charge in [0, 0.05) is 29.0 Å². The zero-order chi connectivity index (χ0) is 31.0. The van der Waals surface area contributed by atoms with Crippen molar-refractivity contribution >= 4 is 66.7 Å². The minimum absolute atomic E-state index is 0.0167. The van der Waals surface area contributed by atoms with Gasteiger partial charge in [0.05, 0.1) is 15.6 Å². The van der Waals surface area contributed by atoms with Gasteiger partial charge in [0.1, 0.15) is 12.6 Å². The molecule has 4 aromatic rings. The highest BCUT2D eigenvalue weighted by atomic mass is 79.9. The van der Waals surface area contributed by atoms with E-state index in [1.165, 1.54) is 35.2 Å². The highest BCUT2D eigenvalue weighted by Gasteiger charge is 2.35. The molecule has 0 saturated carbocycles. The smallest absolute Gasteiger partial charge is 0.264 e. The Morgan fingerprint density at radius 1 is 0.860 bits per heavy atom. The van der Waals surface area contributed by atoms with E-state index in [4.69, 9.17) is 23.2 Å². The Kier molecular flexibility index (Phi) is 11.3. The summed E-state index contributed by atoms with van der Waals surface area (Å²) in [5.74, 6) is -0.936. The summed E-state index contributed by atoms with van der Waals surface area (Å²) in [5.41, 5.74) is 1.69. The highest BCUT2D eigenvalue weighted by molar-refractivity contribution is 9.10. The fraction of sp³-hybridized carbons (Fsp3) is 0.188. The SMILES string of the molecule is CCNC(=O)[C@@H](Cc1ccccc1)N(Cc1cccc(Br)c1)C(=O)CN(c1ccc(Cl)cc1Cl)S(=O)(=O)c1ccccc1. The van der Waals surface area contributed by atoms with Gasteiger partial charge in [-0.25, -0.2) is 8.42 Å². The van der Waals surface area contributed by atoms with E-state index < -0.39 is 28.5 Å². The van der Waals surface area contributed by atoms with Crippen LogP contribution in [0, 0.1) is 0 Å². The van der Waals surface area contributed by atoms with Gasteiger partial charge in [-0.15, -0.1) is 0 Å². The lowest BCUT2D eigenvalue weighted by Crippen LogP contribution is -2.53. The number of nitrogens with zero attached hydrogens (tertiary/aromatic N) is 2. The zero-order valence-electron chi connectivity index (χ0n) is 23.3. The summed E-state index contributed by atoms with van der Waals surface area (Å²) in [5, 5.41) is 3.22. The topological polar surface area (TPSA) is 86.8 Å². The molecule has 0 fully saturated rings. The Labute approximate surface area is 270 Å². The lowest BCUT2D eigenvalue weighted by Gasteiger charge is -2.34. The average molecular weight is 703 g/mol. The van der Waals surface area contributed by atoms with Crippen molar-refractivity contribution in [2.45, 2.75) is 30.8 Å². The number of carbonyl (C=O) groups excluding carboxylic acids is 2. The predicted molar refractivity (Wildman–Crippen MR) is 175 cm³/mol. The average Bonchev–Trinajstić information content (AvgIpc) is 2.99. The summed E-state index contributed by atoms with van der Waals surface area (Å²) in [6, 6.07) is 28.0. The van der Waals surface area contributed by atoms with Crippen molar-refractivity contribution < 1.29 is 18.0 Å². The Bertz CT molecular complexity index is 1670. The van der Waals surface area contributed by atoms with Crippen LogP contribution in [-0.4, -0.2) is 44.3 Å². The van der Waals surface area contributed by atoms with Crippen molar-refractivity contribution in [2.24, 2.45) is 0 Å². The number of likely N-dealkylation sites (N-methyl/N-ethyl adjacent to an activating group) is 1. The molecule has 1 N–H and O–H groups in total. The van der Waals surface area contributed by atoms with Crippen molar-refractivity contribution in [3.8, 4) is 0 Å². The number of sulfonamides is 1. The molecule has 0 aliphatic rings. The molecule has 0 saturated heterocycles. The van der Waals surface area contributed by atoms with E-state index in [0.717, 1.165) is 19.9 Å². The van der Waals surface area contributed by atoms with Gasteiger partial charge in [-0.3, -0.25) is 13.9 Å². The first-order valence-electron chi connectivity index (χ1n) is 13.5. The maximum atomic E-state index is 14.4. The van der Waals surface area contributed by atoms with Crippen molar-refractivity contribution in [3.63, 3.8) is 0 Å². The second kappa shape index (κ2) is 14.9. The van der Waals surface area contributed by atoms with Crippen LogP contribution in [0.2, 0.25) is 10.0 Å². The molecule has 224 valence electrons. The van der Waals surface area contributed by atoms with Gasteiger partial charge in [-0.05, 0) is 60.5 Å². The van der Waals surface area contributed by atoms with Gasteiger partial charge in [-0.1, -0.05) is 99.8 Å². The van der Waals surface area contributed by atoms with Crippen molar-refractivity contribution in [1.29, 1.82) is 0 Å². The maximum Gasteiger partial charge on any atom is 0.264 e. The molecule has 0 unspecified atom stereocenters. The van der Waals surface area contributed by atoms with E-state index in [1.807, 2.05) is 54.6 Å². The van der Waals surface area contributed by atoms with Crippen LogP contribution < -0.4 is 9.62 Å². The second-order valence-corrected chi connectivity index (χ2v) is 13.3. The van der Waals surface area contributed by atoms with Crippen LogP contribution in [0.3, 0.4) is 0 Å². The molecular weight excluding hydrogens is 673 g/mol. The van der Waals surface area contributed by atoms with Crippen molar-refractivity contribution in [1.82, 2.24) is 10.2 Å². The van der Waals surface area contributed by atoms with Crippen LogP contribution in [0.1, 0.15) is 18.1 Å². The molecule has 0 radical (unpaired) electrons. The van der Waals surface area contributed by atoms with E-state index in [9.17, 15) is 18.0 Å². The molecule has 0 aromatic heterocycles. The molecular formula is C32H30BrCl2N3O4S. The van der Waals surface area contributed by atoms with Crippen LogP contribution in [0.15, 0.2) is 112 Å². The number of nitrogens with one attached hydrogen (secondary N) is 1. The second-order valence-electron chi connectivity index (χ2n) is 9.67. The summed E-state index contributed by atoms with van der Waals surface area (Å²) in [6.07, 6.45) is 0.222. The third-order valence-electron chi connectivity index (χ3n) is 6.65. The van der Waals surface area contributed by atoms with Gasteiger partial charge in [0.25, 0.3) is 10.0 Å². The first-order chi connectivity index (χ1) is 20.6. The molecule has 0 spiro atoms. The van der Waals surface area contributed by atoms with Crippen LogP contribution in [0.5, 0.6) is 0 Å². The minimum Gasteiger partial charge on any atom is -0.355 e. The lowest BCUT2D eigenvalue weighted by atomic mass is 10.0. The molecule has 43 heavy (non-hydrogen) atoms. The fourth-order valence-electron chi connectivity index (χ4n) is 4.59. The third-order valence-corrected chi connectivity index (χ3v) is 9.46. The third kappa shape index (κ3) is 8.38. The van der Waals surface area contributed by atoms with Gasteiger partial charge in [-0.2, -0.15) is 0 Å². The number of rotatable bonds is 12. The molecule has 2 amide bonds. The summed E-state index contributed by atoms with van der Waals surface area (Å²) < 4.78 is 29.8. The van der Waals surface area contributed by atoms with Gasteiger partial charge in [0.15, 0.2) is 0 Å². The van der Waals surface area contributed by atoms with E-state index in [1.54, 1.807) is 25.1 Å². The first kappa shape index (κ1) is 32.5. The standard InChI is InChI=1S/C32H30BrCl2N3O4S/c1-2-36-32(40)30(19-23-10-5-3-6-11-23)37(21-24-12-9-13-25(33)18-24)31(39)22-38(29-17-16-26(34)20-28(29)35)43(41,42)27-14-7-4-8-15-27/h3-18,20,30H,2,19,21-22H2,1H3,(H,36,40)/t30-/m1/s1. The van der Waals surface area contributed by atoms with Gasteiger partial charge >= 0.3 is 0 Å².